The van der Waals surface area contributed by atoms with Gasteiger partial charge in [0, 0.05) is 6.26 Å². The van der Waals surface area contributed by atoms with Crippen LogP contribution in [0.15, 0.2) is 23.2 Å². The highest BCUT2D eigenvalue weighted by molar-refractivity contribution is 7.89. The fraction of sp³-hybridized carbons (Fsp3) is 0.300. The summed E-state index contributed by atoms with van der Waals surface area (Å²) in [7, 11) is -1.50. The Hall–Kier alpha value is -1.36. The highest BCUT2D eigenvalue weighted by atomic mass is 32.2. The van der Waals surface area contributed by atoms with Gasteiger partial charge in [-0.2, -0.15) is 0 Å². The summed E-state index contributed by atoms with van der Waals surface area (Å²) in [5.41, 5.74) is 1.24. The van der Waals surface area contributed by atoms with Crippen molar-refractivity contribution in [2.75, 3.05) is 13.4 Å². The number of ether oxygens (including phenoxy) is 1. The molecule has 5 heteroatoms. The summed E-state index contributed by atoms with van der Waals surface area (Å²) in [5, 5.41) is 0. The van der Waals surface area contributed by atoms with Crippen molar-refractivity contribution in [3.8, 4) is 5.75 Å². The SMILES string of the molecule is C=Nc1cc(CS(C)(=O)=O)ccc1OC. The smallest absolute Gasteiger partial charge is 0.151 e. The minimum Gasteiger partial charge on any atom is -0.494 e. The normalized spacial score (nSPS) is 11.1. The van der Waals surface area contributed by atoms with E-state index < -0.39 is 9.84 Å². The first kappa shape index (κ1) is 11.7. The topological polar surface area (TPSA) is 55.7 Å². The molecule has 0 N–H and O–H groups in total. The molecule has 0 aromatic heterocycles. The van der Waals surface area contributed by atoms with Gasteiger partial charge in [0.1, 0.15) is 11.4 Å². The van der Waals surface area contributed by atoms with Crippen LogP contribution < -0.4 is 4.74 Å². The zero-order valence-electron chi connectivity index (χ0n) is 8.73. The van der Waals surface area contributed by atoms with Crippen molar-refractivity contribution in [1.82, 2.24) is 0 Å². The van der Waals surface area contributed by atoms with E-state index in [4.69, 9.17) is 4.74 Å². The van der Waals surface area contributed by atoms with Crippen molar-refractivity contribution in [1.29, 1.82) is 0 Å². The van der Waals surface area contributed by atoms with Crippen molar-refractivity contribution < 1.29 is 13.2 Å². The van der Waals surface area contributed by atoms with Gasteiger partial charge in [-0.15, -0.1) is 0 Å². The van der Waals surface area contributed by atoms with E-state index in [1.165, 1.54) is 13.4 Å². The quantitative estimate of drug-likeness (QED) is 0.734. The lowest BCUT2D eigenvalue weighted by atomic mass is 10.2. The van der Waals surface area contributed by atoms with Gasteiger partial charge in [0.15, 0.2) is 9.84 Å². The van der Waals surface area contributed by atoms with E-state index in [-0.39, 0.29) is 5.75 Å². The summed E-state index contributed by atoms with van der Waals surface area (Å²) in [5.74, 6) is 0.585. The van der Waals surface area contributed by atoms with Crippen molar-refractivity contribution in [3.63, 3.8) is 0 Å². The molecular weight excluding hydrogens is 214 g/mol. The van der Waals surface area contributed by atoms with Gasteiger partial charge in [0.2, 0.25) is 0 Å². The Labute approximate surface area is 89.5 Å². The first-order valence-electron chi connectivity index (χ1n) is 4.27. The molecule has 0 saturated carbocycles. The standard InChI is InChI=1S/C10H13NO3S/c1-11-9-6-8(7-15(3,12)13)4-5-10(9)14-2/h4-6H,1,7H2,2-3H3. The van der Waals surface area contributed by atoms with E-state index in [2.05, 4.69) is 11.7 Å². The summed E-state index contributed by atoms with van der Waals surface area (Å²) >= 11 is 0. The van der Waals surface area contributed by atoms with Crippen LogP contribution in [0.4, 0.5) is 5.69 Å². The summed E-state index contributed by atoms with van der Waals surface area (Å²) in [4.78, 5) is 3.76. The Morgan fingerprint density at radius 3 is 2.60 bits per heavy atom. The van der Waals surface area contributed by atoms with Crippen LogP contribution in [0, 0.1) is 0 Å². The predicted octanol–water partition coefficient (Wildman–Crippen LogP) is 1.57. The minimum atomic E-state index is -3.02. The van der Waals surface area contributed by atoms with E-state index >= 15 is 0 Å². The van der Waals surface area contributed by atoms with Gasteiger partial charge >= 0.3 is 0 Å². The maximum absolute atomic E-state index is 11.1. The summed E-state index contributed by atoms with van der Waals surface area (Å²) in [6.07, 6.45) is 1.19. The number of methoxy groups -OCH3 is 1. The van der Waals surface area contributed by atoms with E-state index in [9.17, 15) is 8.42 Å². The predicted molar refractivity (Wildman–Crippen MR) is 60.8 cm³/mol. The second-order valence-corrected chi connectivity index (χ2v) is 5.37. The van der Waals surface area contributed by atoms with Crippen LogP contribution in [-0.2, 0) is 15.6 Å². The Morgan fingerprint density at radius 2 is 2.13 bits per heavy atom. The summed E-state index contributed by atoms with van der Waals surface area (Å²) in [6, 6.07) is 5.05. The third kappa shape index (κ3) is 3.36. The molecule has 0 spiro atoms. The molecule has 0 unspecified atom stereocenters. The number of sulfone groups is 1. The van der Waals surface area contributed by atoms with Gasteiger partial charge < -0.3 is 4.74 Å². The van der Waals surface area contributed by atoms with Crippen LogP contribution in [0.3, 0.4) is 0 Å². The molecule has 1 aromatic rings. The molecule has 0 saturated heterocycles. The average molecular weight is 227 g/mol. The lowest BCUT2D eigenvalue weighted by Gasteiger charge is -2.06. The number of nitrogens with zero attached hydrogens (tertiary/aromatic N) is 1. The third-order valence-corrected chi connectivity index (χ3v) is 2.70. The molecule has 4 nitrogen and oxygen atoms in total. The third-order valence-electron chi connectivity index (χ3n) is 1.84. The van der Waals surface area contributed by atoms with E-state index in [0.29, 0.717) is 17.0 Å². The number of benzene rings is 1. The molecule has 1 rings (SSSR count). The van der Waals surface area contributed by atoms with Crippen LogP contribution in [0.2, 0.25) is 0 Å². The van der Waals surface area contributed by atoms with Gasteiger partial charge in [0.05, 0.1) is 12.9 Å². The zero-order chi connectivity index (χ0) is 11.5. The fourth-order valence-electron chi connectivity index (χ4n) is 1.25. The molecule has 0 fully saturated rings. The zero-order valence-corrected chi connectivity index (χ0v) is 9.54. The Balaban J connectivity index is 3.09. The van der Waals surface area contributed by atoms with Gasteiger partial charge in [-0.05, 0) is 24.4 Å². The lowest BCUT2D eigenvalue weighted by Crippen LogP contribution is -2.00. The highest BCUT2D eigenvalue weighted by Crippen LogP contribution is 2.28. The van der Waals surface area contributed by atoms with Crippen LogP contribution in [0.1, 0.15) is 5.56 Å². The van der Waals surface area contributed by atoms with Gasteiger partial charge in [0.25, 0.3) is 0 Å². The molecule has 0 aliphatic heterocycles. The summed E-state index contributed by atoms with van der Waals surface area (Å²) in [6.45, 7) is 3.40. The first-order valence-corrected chi connectivity index (χ1v) is 6.33. The van der Waals surface area contributed by atoms with Crippen molar-refractivity contribution in [3.05, 3.63) is 23.8 Å². The van der Waals surface area contributed by atoms with E-state index in [1.54, 1.807) is 18.2 Å². The number of aliphatic imine (C=N–C) groups is 1. The van der Waals surface area contributed by atoms with Gasteiger partial charge in [-0.25, -0.2) is 8.42 Å². The molecule has 0 bridgehead atoms. The van der Waals surface area contributed by atoms with Gasteiger partial charge in [-0.3, -0.25) is 4.99 Å². The second-order valence-electron chi connectivity index (χ2n) is 3.23. The molecule has 1 aromatic carbocycles. The largest absolute Gasteiger partial charge is 0.494 e. The van der Waals surface area contributed by atoms with Crippen molar-refractivity contribution in [2.45, 2.75) is 5.75 Å². The molecule has 0 radical (unpaired) electrons. The Bertz CT molecular complexity index is 466. The van der Waals surface area contributed by atoms with Crippen LogP contribution in [-0.4, -0.2) is 28.5 Å². The molecular formula is C10H13NO3S. The molecule has 0 aliphatic rings. The first-order chi connectivity index (χ1) is 6.96. The Morgan fingerprint density at radius 1 is 1.47 bits per heavy atom. The van der Waals surface area contributed by atoms with Crippen LogP contribution >= 0.6 is 0 Å². The number of hydrogen-bond acceptors (Lipinski definition) is 4. The maximum atomic E-state index is 11.1. The minimum absolute atomic E-state index is 0.000482. The number of hydrogen-bond donors (Lipinski definition) is 0. The van der Waals surface area contributed by atoms with Crippen molar-refractivity contribution in [2.24, 2.45) is 4.99 Å². The second kappa shape index (κ2) is 4.44. The van der Waals surface area contributed by atoms with E-state index in [1.807, 2.05) is 0 Å². The Kier molecular flexibility index (Phi) is 3.47. The molecule has 82 valence electrons. The summed E-state index contributed by atoms with van der Waals surface area (Å²) < 4.78 is 27.2. The maximum Gasteiger partial charge on any atom is 0.151 e. The monoisotopic (exact) mass is 227 g/mol. The lowest BCUT2D eigenvalue weighted by molar-refractivity contribution is 0.416. The molecule has 0 atom stereocenters. The molecule has 0 aliphatic carbocycles. The fourth-order valence-corrected chi connectivity index (χ4v) is 2.04. The molecule has 0 heterocycles. The van der Waals surface area contributed by atoms with E-state index in [0.717, 1.165) is 0 Å². The average Bonchev–Trinajstić information content (AvgIpc) is 2.15. The van der Waals surface area contributed by atoms with Gasteiger partial charge in [-0.1, -0.05) is 6.07 Å². The van der Waals surface area contributed by atoms with Crippen LogP contribution in [0.25, 0.3) is 0 Å². The molecule has 15 heavy (non-hydrogen) atoms. The highest BCUT2D eigenvalue weighted by Gasteiger charge is 2.07. The van der Waals surface area contributed by atoms with Crippen molar-refractivity contribution >= 4 is 22.2 Å². The number of rotatable bonds is 4. The van der Waals surface area contributed by atoms with Crippen LogP contribution in [0.5, 0.6) is 5.75 Å². The molecule has 0 amide bonds.